The first-order chi connectivity index (χ1) is 10.9. The number of hydrogen-bond donors (Lipinski definition) is 2. The Kier molecular flexibility index (Phi) is 4.65. The lowest BCUT2D eigenvalue weighted by atomic mass is 9.47. The Morgan fingerprint density at radius 3 is 2.52 bits per heavy atom. The summed E-state index contributed by atoms with van der Waals surface area (Å²) in [5.41, 5.74) is -0.676. The molecule has 6 nitrogen and oxygen atoms in total. The summed E-state index contributed by atoms with van der Waals surface area (Å²) >= 11 is 0. The van der Waals surface area contributed by atoms with Crippen molar-refractivity contribution in [3.05, 3.63) is 0 Å². The van der Waals surface area contributed by atoms with Crippen molar-refractivity contribution in [2.24, 2.45) is 17.3 Å². The first-order valence-corrected chi connectivity index (χ1v) is 8.56. The molecule has 4 bridgehead atoms. The van der Waals surface area contributed by atoms with Gasteiger partial charge in [0.2, 0.25) is 0 Å². The molecular weight excluding hydrogens is 298 g/mol. The molecule has 0 spiro atoms. The zero-order valence-corrected chi connectivity index (χ0v) is 13.8. The maximum atomic E-state index is 12.2. The summed E-state index contributed by atoms with van der Waals surface area (Å²) in [5.74, 6) is 0.467. The van der Waals surface area contributed by atoms with E-state index in [-0.39, 0.29) is 23.9 Å². The molecule has 4 fully saturated rings. The van der Waals surface area contributed by atoms with Gasteiger partial charge < -0.3 is 19.9 Å². The average Bonchev–Trinajstić information content (AvgIpc) is 2.42. The number of hydrogen-bond acceptors (Lipinski definition) is 5. The minimum absolute atomic E-state index is 0.109. The van der Waals surface area contributed by atoms with E-state index in [9.17, 15) is 14.7 Å². The van der Waals surface area contributed by atoms with E-state index in [1.165, 1.54) is 6.42 Å². The number of carbonyl (C=O) groups is 2. The van der Waals surface area contributed by atoms with Gasteiger partial charge >= 0.3 is 5.97 Å². The molecule has 0 aromatic carbocycles. The van der Waals surface area contributed by atoms with Gasteiger partial charge in [0.05, 0.1) is 18.6 Å². The molecule has 2 atom stereocenters. The first-order valence-electron chi connectivity index (χ1n) is 8.56. The maximum absolute atomic E-state index is 12.2. The summed E-state index contributed by atoms with van der Waals surface area (Å²) in [6.45, 7) is 0.604. The van der Waals surface area contributed by atoms with Crippen LogP contribution in [0.15, 0.2) is 0 Å². The molecule has 4 saturated carbocycles. The number of ether oxygens (including phenoxy) is 2. The fourth-order valence-electron chi connectivity index (χ4n) is 5.46. The summed E-state index contributed by atoms with van der Waals surface area (Å²) < 4.78 is 9.97. The minimum Gasteiger partial charge on any atom is -0.456 e. The maximum Gasteiger partial charge on any atom is 0.306 e. The Balaban J connectivity index is 1.47. The fourth-order valence-corrected chi connectivity index (χ4v) is 5.46. The van der Waals surface area contributed by atoms with Crippen LogP contribution in [0.2, 0.25) is 0 Å². The monoisotopic (exact) mass is 325 g/mol. The van der Waals surface area contributed by atoms with Crippen LogP contribution in [0.4, 0.5) is 0 Å². The smallest absolute Gasteiger partial charge is 0.306 e. The standard InChI is InChI=1S/C17H27NO5/c1-22-3-2-18-14(19)10-23-15(20)9-16-5-12-4-13(6-16)8-17(21,7-12)11-16/h12-13,21H,2-11H2,1H3,(H,18,19)/t12-,13-,16?,17?/m0/s1. The van der Waals surface area contributed by atoms with Crippen molar-refractivity contribution < 1.29 is 24.2 Å². The molecule has 0 unspecified atom stereocenters. The molecule has 1 amide bonds. The topological polar surface area (TPSA) is 84.9 Å². The molecular formula is C17H27NO5. The molecule has 0 heterocycles. The number of methoxy groups -OCH3 is 1. The van der Waals surface area contributed by atoms with Gasteiger partial charge in [-0.05, 0) is 55.8 Å². The van der Waals surface area contributed by atoms with Crippen LogP contribution in [-0.4, -0.2) is 49.5 Å². The van der Waals surface area contributed by atoms with E-state index in [2.05, 4.69) is 5.32 Å². The van der Waals surface area contributed by atoms with Crippen molar-refractivity contribution in [1.29, 1.82) is 0 Å². The Morgan fingerprint density at radius 1 is 1.22 bits per heavy atom. The van der Waals surface area contributed by atoms with Crippen LogP contribution in [0.1, 0.15) is 44.9 Å². The average molecular weight is 325 g/mol. The first kappa shape index (κ1) is 16.7. The normalized spacial score (nSPS) is 37.7. The minimum atomic E-state index is -0.568. The Labute approximate surface area is 136 Å². The van der Waals surface area contributed by atoms with Crippen LogP contribution in [0.25, 0.3) is 0 Å². The fraction of sp³-hybridized carbons (Fsp3) is 0.882. The third-order valence-corrected chi connectivity index (χ3v) is 5.66. The predicted octanol–water partition coefficient (Wildman–Crippen LogP) is 1.01. The van der Waals surface area contributed by atoms with Crippen molar-refractivity contribution in [3.63, 3.8) is 0 Å². The van der Waals surface area contributed by atoms with Crippen molar-refractivity contribution in [1.82, 2.24) is 5.32 Å². The lowest BCUT2D eigenvalue weighted by molar-refractivity contribution is -0.177. The molecule has 0 saturated heterocycles. The second-order valence-electron chi connectivity index (χ2n) is 7.87. The summed E-state index contributed by atoms with van der Waals surface area (Å²) in [4.78, 5) is 23.7. The number of esters is 1. The molecule has 0 aromatic rings. The molecule has 130 valence electrons. The molecule has 2 N–H and O–H groups in total. The molecule has 4 aliphatic rings. The Bertz CT molecular complexity index is 464. The zero-order chi connectivity index (χ0) is 16.5. The van der Waals surface area contributed by atoms with Crippen LogP contribution < -0.4 is 5.32 Å². The van der Waals surface area contributed by atoms with Crippen LogP contribution in [0.3, 0.4) is 0 Å². The number of nitrogens with one attached hydrogen (secondary N) is 1. The van der Waals surface area contributed by atoms with E-state index in [0.29, 0.717) is 37.8 Å². The third-order valence-electron chi connectivity index (χ3n) is 5.66. The highest BCUT2D eigenvalue weighted by Crippen LogP contribution is 2.62. The van der Waals surface area contributed by atoms with Gasteiger partial charge in [-0.3, -0.25) is 9.59 Å². The largest absolute Gasteiger partial charge is 0.456 e. The lowest BCUT2D eigenvalue weighted by Crippen LogP contribution is -2.56. The van der Waals surface area contributed by atoms with Crippen LogP contribution >= 0.6 is 0 Å². The third kappa shape index (κ3) is 3.86. The number of amides is 1. The summed E-state index contributed by atoms with van der Waals surface area (Å²) in [7, 11) is 1.56. The molecule has 0 aliphatic heterocycles. The van der Waals surface area contributed by atoms with Crippen molar-refractivity contribution in [2.45, 2.75) is 50.5 Å². The molecule has 0 radical (unpaired) electrons. The van der Waals surface area contributed by atoms with Gasteiger partial charge in [0, 0.05) is 13.7 Å². The highest BCUT2D eigenvalue weighted by Gasteiger charge is 2.57. The number of carbonyl (C=O) groups excluding carboxylic acids is 2. The van der Waals surface area contributed by atoms with Gasteiger partial charge in [-0.1, -0.05) is 0 Å². The second-order valence-corrected chi connectivity index (χ2v) is 7.87. The van der Waals surface area contributed by atoms with Gasteiger partial charge in [-0.15, -0.1) is 0 Å². The summed E-state index contributed by atoms with van der Waals surface area (Å²) in [6, 6.07) is 0. The predicted molar refractivity (Wildman–Crippen MR) is 82.5 cm³/mol. The van der Waals surface area contributed by atoms with Crippen molar-refractivity contribution in [3.8, 4) is 0 Å². The highest BCUT2D eigenvalue weighted by molar-refractivity contribution is 5.80. The Morgan fingerprint density at radius 2 is 1.91 bits per heavy atom. The SMILES string of the molecule is COCCNC(=O)COC(=O)CC12C[C@@H]3C[C@H](CC(O)(C3)C1)C2. The molecule has 4 aliphatic carbocycles. The molecule has 4 rings (SSSR count). The van der Waals surface area contributed by atoms with Gasteiger partial charge in [0.1, 0.15) is 0 Å². The van der Waals surface area contributed by atoms with Gasteiger partial charge in [-0.2, -0.15) is 0 Å². The van der Waals surface area contributed by atoms with Gasteiger partial charge in [0.25, 0.3) is 5.91 Å². The number of rotatable bonds is 7. The van der Waals surface area contributed by atoms with Crippen molar-refractivity contribution >= 4 is 11.9 Å². The van der Waals surface area contributed by atoms with Crippen LogP contribution in [0.5, 0.6) is 0 Å². The van der Waals surface area contributed by atoms with E-state index in [1.54, 1.807) is 7.11 Å². The zero-order valence-electron chi connectivity index (χ0n) is 13.8. The van der Waals surface area contributed by atoms with Crippen molar-refractivity contribution in [2.75, 3.05) is 26.9 Å². The van der Waals surface area contributed by atoms with E-state index in [1.807, 2.05) is 0 Å². The molecule has 6 heteroatoms. The van der Waals surface area contributed by atoms with E-state index in [4.69, 9.17) is 9.47 Å². The van der Waals surface area contributed by atoms with E-state index < -0.39 is 5.60 Å². The van der Waals surface area contributed by atoms with Crippen LogP contribution in [-0.2, 0) is 19.1 Å². The van der Waals surface area contributed by atoms with E-state index in [0.717, 1.165) is 25.7 Å². The number of aliphatic hydroxyl groups is 1. The molecule has 0 aromatic heterocycles. The lowest BCUT2D eigenvalue weighted by Gasteiger charge is -2.60. The van der Waals surface area contributed by atoms with E-state index >= 15 is 0 Å². The molecule has 23 heavy (non-hydrogen) atoms. The second kappa shape index (κ2) is 6.40. The quantitative estimate of drug-likeness (QED) is 0.539. The summed E-state index contributed by atoms with van der Waals surface area (Å²) in [5, 5.41) is 13.3. The van der Waals surface area contributed by atoms with Crippen LogP contribution in [0, 0.1) is 17.3 Å². The Hall–Kier alpha value is -1.14. The summed E-state index contributed by atoms with van der Waals surface area (Å²) in [6.07, 6.45) is 6.04. The highest BCUT2D eigenvalue weighted by atomic mass is 16.5. The van der Waals surface area contributed by atoms with Gasteiger partial charge in [0.15, 0.2) is 6.61 Å². The van der Waals surface area contributed by atoms with Gasteiger partial charge in [-0.25, -0.2) is 0 Å².